The van der Waals surface area contributed by atoms with Gasteiger partial charge in [-0.2, -0.15) is 10.2 Å². The average Bonchev–Trinajstić information content (AvgIpc) is 2.64. The maximum Gasteiger partial charge on any atom is 0.240 e. The van der Waals surface area contributed by atoms with E-state index in [1.54, 1.807) is 0 Å². The van der Waals surface area contributed by atoms with E-state index >= 15 is 0 Å². The minimum absolute atomic E-state index is 0.0250. The molecule has 0 aromatic rings. The van der Waals surface area contributed by atoms with Gasteiger partial charge in [0.15, 0.2) is 0 Å². The first-order valence-corrected chi connectivity index (χ1v) is 10.7. The van der Waals surface area contributed by atoms with Crippen LogP contribution in [0.2, 0.25) is 0 Å². The zero-order valence-electron chi connectivity index (χ0n) is 17.1. The minimum Gasteiger partial charge on any atom is -0.273 e. The van der Waals surface area contributed by atoms with Crippen molar-refractivity contribution in [1.29, 1.82) is 0 Å². The van der Waals surface area contributed by atoms with Crippen LogP contribution in [0.25, 0.3) is 0 Å². The second-order valence-electron chi connectivity index (χ2n) is 8.39. The van der Waals surface area contributed by atoms with Gasteiger partial charge < -0.3 is 0 Å². The lowest BCUT2D eigenvalue weighted by atomic mass is 9.89. The van der Waals surface area contributed by atoms with Crippen molar-refractivity contribution in [2.45, 2.75) is 97.3 Å². The molecule has 0 aliphatic heterocycles. The molecule has 2 aliphatic carbocycles. The van der Waals surface area contributed by atoms with E-state index in [-0.39, 0.29) is 11.8 Å². The third kappa shape index (κ3) is 9.16. The number of hydrogen-bond acceptors (Lipinski definition) is 4. The van der Waals surface area contributed by atoms with Crippen LogP contribution in [0.15, 0.2) is 10.2 Å². The normalized spacial score (nSPS) is 26.1. The van der Waals surface area contributed by atoms with Gasteiger partial charge in [-0.25, -0.2) is 10.9 Å². The van der Waals surface area contributed by atoms with Crippen molar-refractivity contribution in [3.05, 3.63) is 0 Å². The highest BCUT2D eigenvalue weighted by molar-refractivity contribution is 5.87. The number of hydrazone groups is 2. The fourth-order valence-electron chi connectivity index (χ4n) is 3.87. The van der Waals surface area contributed by atoms with Gasteiger partial charge in [-0.1, -0.05) is 20.3 Å². The maximum atomic E-state index is 11.9. The van der Waals surface area contributed by atoms with Crippen LogP contribution >= 0.6 is 0 Å². The molecule has 2 fully saturated rings. The van der Waals surface area contributed by atoms with Crippen LogP contribution in [0, 0.1) is 11.8 Å². The Morgan fingerprint density at radius 2 is 1.26 bits per heavy atom. The summed E-state index contributed by atoms with van der Waals surface area (Å²) >= 11 is 0. The van der Waals surface area contributed by atoms with Gasteiger partial charge in [0.05, 0.1) is 0 Å². The average molecular weight is 377 g/mol. The van der Waals surface area contributed by atoms with E-state index in [0.29, 0.717) is 24.7 Å². The SMILES string of the molecule is CC1CCCC(=NNC(=O)CCCCCC(=O)NN=C2CCCC(C)C2)C1. The zero-order valence-corrected chi connectivity index (χ0v) is 17.1. The molecule has 0 aromatic heterocycles. The van der Waals surface area contributed by atoms with E-state index in [2.05, 4.69) is 34.9 Å². The Labute approximate surface area is 163 Å². The van der Waals surface area contributed by atoms with Crippen LogP contribution < -0.4 is 10.9 Å². The van der Waals surface area contributed by atoms with Crippen LogP contribution in [0.3, 0.4) is 0 Å². The minimum atomic E-state index is -0.0250. The van der Waals surface area contributed by atoms with Crippen molar-refractivity contribution < 1.29 is 9.59 Å². The Hall–Kier alpha value is -1.72. The highest BCUT2D eigenvalue weighted by Crippen LogP contribution is 2.21. The summed E-state index contributed by atoms with van der Waals surface area (Å²) in [7, 11) is 0. The fraction of sp³-hybridized carbons (Fsp3) is 0.810. The fourth-order valence-corrected chi connectivity index (χ4v) is 3.87. The molecule has 152 valence electrons. The molecule has 6 nitrogen and oxygen atoms in total. The molecule has 2 rings (SSSR count). The van der Waals surface area contributed by atoms with Gasteiger partial charge in [0.1, 0.15) is 0 Å². The molecule has 0 radical (unpaired) electrons. The first-order valence-electron chi connectivity index (χ1n) is 10.7. The van der Waals surface area contributed by atoms with Crippen LogP contribution in [0.4, 0.5) is 0 Å². The molecule has 0 heterocycles. The quantitative estimate of drug-likeness (QED) is 0.489. The van der Waals surface area contributed by atoms with Gasteiger partial charge in [-0.05, 0) is 76.0 Å². The Morgan fingerprint density at radius 1 is 0.815 bits per heavy atom. The van der Waals surface area contributed by atoms with Crippen LogP contribution in [-0.2, 0) is 9.59 Å². The summed E-state index contributed by atoms with van der Waals surface area (Å²) in [5.74, 6) is 1.30. The molecule has 0 saturated heterocycles. The predicted molar refractivity (Wildman–Crippen MR) is 110 cm³/mol. The monoisotopic (exact) mass is 376 g/mol. The summed E-state index contributed by atoms with van der Waals surface area (Å²) in [6.07, 6.45) is 12.2. The summed E-state index contributed by atoms with van der Waals surface area (Å²) in [6.45, 7) is 4.46. The van der Waals surface area contributed by atoms with Gasteiger partial charge in [-0.15, -0.1) is 0 Å². The maximum absolute atomic E-state index is 11.9. The second-order valence-corrected chi connectivity index (χ2v) is 8.39. The van der Waals surface area contributed by atoms with Gasteiger partial charge in [0.25, 0.3) is 0 Å². The molecule has 2 saturated carbocycles. The summed E-state index contributed by atoms with van der Waals surface area (Å²) in [4.78, 5) is 23.7. The number of amides is 2. The van der Waals surface area contributed by atoms with Crippen LogP contribution in [-0.4, -0.2) is 23.2 Å². The Morgan fingerprint density at radius 3 is 1.67 bits per heavy atom. The third-order valence-corrected chi connectivity index (χ3v) is 5.48. The topological polar surface area (TPSA) is 82.9 Å². The van der Waals surface area contributed by atoms with Crippen molar-refractivity contribution in [1.82, 2.24) is 10.9 Å². The highest BCUT2D eigenvalue weighted by Gasteiger charge is 2.15. The number of nitrogens with one attached hydrogen (secondary N) is 2. The Balaban J connectivity index is 1.51. The van der Waals surface area contributed by atoms with Gasteiger partial charge in [0, 0.05) is 24.3 Å². The first kappa shape index (κ1) is 21.6. The van der Waals surface area contributed by atoms with Gasteiger partial charge >= 0.3 is 0 Å². The van der Waals surface area contributed by atoms with E-state index in [4.69, 9.17) is 0 Å². The van der Waals surface area contributed by atoms with Crippen LogP contribution in [0.1, 0.15) is 97.3 Å². The summed E-state index contributed by atoms with van der Waals surface area (Å²) in [5.41, 5.74) is 7.61. The Kier molecular flexibility index (Phi) is 9.50. The highest BCUT2D eigenvalue weighted by atomic mass is 16.2. The molecule has 2 unspecified atom stereocenters. The van der Waals surface area contributed by atoms with E-state index < -0.39 is 0 Å². The summed E-state index contributed by atoms with van der Waals surface area (Å²) < 4.78 is 0. The number of rotatable bonds is 8. The van der Waals surface area contributed by atoms with Crippen molar-refractivity contribution >= 4 is 23.2 Å². The van der Waals surface area contributed by atoms with Crippen molar-refractivity contribution in [2.75, 3.05) is 0 Å². The predicted octanol–water partition coefficient (Wildman–Crippen LogP) is 4.30. The van der Waals surface area contributed by atoms with E-state index in [0.717, 1.165) is 56.4 Å². The number of carbonyl (C=O) groups is 2. The van der Waals surface area contributed by atoms with Crippen molar-refractivity contribution in [2.24, 2.45) is 22.0 Å². The zero-order chi connectivity index (χ0) is 19.5. The van der Waals surface area contributed by atoms with Crippen molar-refractivity contribution in [3.63, 3.8) is 0 Å². The van der Waals surface area contributed by atoms with E-state index in [1.807, 2.05) is 0 Å². The number of hydrogen-bond donors (Lipinski definition) is 2. The molecule has 0 spiro atoms. The molecule has 2 aliphatic rings. The first-order chi connectivity index (χ1) is 13.0. The summed E-state index contributed by atoms with van der Waals surface area (Å²) in [6, 6.07) is 0. The van der Waals surface area contributed by atoms with E-state index in [1.165, 1.54) is 25.7 Å². The number of unbranched alkanes of at least 4 members (excludes halogenated alkanes) is 2. The van der Waals surface area contributed by atoms with Crippen LogP contribution in [0.5, 0.6) is 0 Å². The number of carbonyl (C=O) groups excluding carboxylic acids is 2. The molecule has 2 N–H and O–H groups in total. The second kappa shape index (κ2) is 11.9. The Bertz CT molecular complexity index is 508. The molecule has 6 heteroatoms. The molecular weight excluding hydrogens is 340 g/mol. The molecule has 0 aromatic carbocycles. The molecule has 0 bridgehead atoms. The molecule has 2 atom stereocenters. The lowest BCUT2D eigenvalue weighted by Gasteiger charge is -2.19. The standard InChI is InChI=1S/C21H36N4O2/c1-16-8-6-10-18(14-16)22-24-20(26)12-4-3-5-13-21(27)25-23-19-11-7-9-17(2)15-19/h16-17H,3-15H2,1-2H3,(H,24,26)(H,25,27). The summed E-state index contributed by atoms with van der Waals surface area (Å²) in [5, 5.41) is 8.55. The molecule has 2 amide bonds. The van der Waals surface area contributed by atoms with E-state index in [9.17, 15) is 9.59 Å². The van der Waals surface area contributed by atoms with Gasteiger partial charge in [0.2, 0.25) is 11.8 Å². The molecular formula is C21H36N4O2. The lowest BCUT2D eigenvalue weighted by Crippen LogP contribution is -2.22. The van der Waals surface area contributed by atoms with Crippen molar-refractivity contribution in [3.8, 4) is 0 Å². The third-order valence-electron chi connectivity index (χ3n) is 5.48. The smallest absolute Gasteiger partial charge is 0.240 e. The van der Waals surface area contributed by atoms with Gasteiger partial charge in [-0.3, -0.25) is 9.59 Å². The molecule has 27 heavy (non-hydrogen) atoms. The lowest BCUT2D eigenvalue weighted by molar-refractivity contribution is -0.121. The largest absolute Gasteiger partial charge is 0.273 e. The number of nitrogens with zero attached hydrogens (tertiary/aromatic N) is 2.